The lowest BCUT2D eigenvalue weighted by atomic mass is 9.95. The van der Waals surface area contributed by atoms with Gasteiger partial charge >= 0.3 is 0 Å². The monoisotopic (exact) mass is 788 g/mol. The van der Waals surface area contributed by atoms with Gasteiger partial charge in [0, 0.05) is 88.3 Å². The molecule has 2 atom stereocenters. The number of carbonyl (C=O) groups is 3. The average Bonchev–Trinajstić information content (AvgIpc) is 3.76. The summed E-state index contributed by atoms with van der Waals surface area (Å²) in [6.07, 6.45) is 4.88. The number of ether oxygens (including phenoxy) is 2. The number of hydrogen-bond donors (Lipinski definition) is 2. The van der Waals surface area contributed by atoms with Crippen molar-refractivity contribution in [2.75, 3.05) is 81.9 Å². The quantitative estimate of drug-likeness (QED) is 0.224. The maximum absolute atomic E-state index is 13.4. The number of imide groups is 1. The van der Waals surface area contributed by atoms with Crippen LogP contribution in [0.4, 0.5) is 11.5 Å². The highest BCUT2D eigenvalue weighted by Gasteiger charge is 2.44. The molecule has 2 N–H and O–H groups in total. The van der Waals surface area contributed by atoms with E-state index in [0.717, 1.165) is 123 Å². The number of aromatic amines is 1. The molecule has 15 heteroatoms. The van der Waals surface area contributed by atoms with Crippen LogP contribution in [-0.4, -0.2) is 143 Å². The second-order valence-corrected chi connectivity index (χ2v) is 16.5. The lowest BCUT2D eigenvalue weighted by Crippen LogP contribution is -2.53. The number of carbonyl (C=O) groups excluding carboxylic acids is 3. The van der Waals surface area contributed by atoms with Crippen LogP contribution in [0, 0.1) is 5.92 Å². The third kappa shape index (κ3) is 7.77. The molecule has 0 spiro atoms. The van der Waals surface area contributed by atoms with Crippen LogP contribution in [0.2, 0.25) is 0 Å². The first kappa shape index (κ1) is 38.2. The van der Waals surface area contributed by atoms with Crippen LogP contribution < -0.4 is 19.9 Å². The van der Waals surface area contributed by atoms with Gasteiger partial charge in [0.05, 0.1) is 41.2 Å². The summed E-state index contributed by atoms with van der Waals surface area (Å²) in [5.41, 5.74) is 4.82. The molecule has 4 aromatic rings. The Morgan fingerprint density at radius 3 is 2.41 bits per heavy atom. The molecule has 58 heavy (non-hydrogen) atoms. The number of nitrogens with one attached hydrogen (secondary N) is 2. The number of morpholine rings is 1. The number of rotatable bonds is 10. The van der Waals surface area contributed by atoms with Crippen LogP contribution >= 0.6 is 0 Å². The van der Waals surface area contributed by atoms with E-state index in [1.807, 2.05) is 50.2 Å². The van der Waals surface area contributed by atoms with Crippen LogP contribution in [0.15, 0.2) is 61.1 Å². The van der Waals surface area contributed by atoms with Crippen molar-refractivity contribution in [3.8, 4) is 17.1 Å². The Balaban J connectivity index is 0.739. The zero-order valence-electron chi connectivity index (χ0n) is 33.4. The third-order valence-corrected chi connectivity index (χ3v) is 12.2. The van der Waals surface area contributed by atoms with Crippen molar-refractivity contribution < 1.29 is 23.9 Å². The van der Waals surface area contributed by atoms with Gasteiger partial charge < -0.3 is 29.5 Å². The number of hydrogen-bond acceptors (Lipinski definition) is 12. The van der Waals surface area contributed by atoms with Crippen LogP contribution in [-0.2, 0) is 9.53 Å². The van der Waals surface area contributed by atoms with Gasteiger partial charge in [-0.3, -0.25) is 29.3 Å². The van der Waals surface area contributed by atoms with Crippen LogP contribution in [0.3, 0.4) is 0 Å². The zero-order chi connectivity index (χ0) is 39.9. The summed E-state index contributed by atoms with van der Waals surface area (Å²) in [4.78, 5) is 59.4. The number of amides is 3. The topological polar surface area (TPSA) is 152 Å². The molecule has 304 valence electrons. The Morgan fingerprint density at radius 2 is 1.64 bits per heavy atom. The molecule has 0 aliphatic carbocycles. The van der Waals surface area contributed by atoms with Gasteiger partial charge in [-0.05, 0) is 81.8 Å². The van der Waals surface area contributed by atoms with E-state index in [4.69, 9.17) is 9.47 Å². The third-order valence-electron chi connectivity index (χ3n) is 12.2. The standard InChI is InChI=1S/C43H52N10O5/c1-27(2)58-31-6-8-36-35(21-31)40(48-47-36)37-22-39(45-26-44-37)52-18-19-57-32(25-52)24-50-16-14-49(15-17-50)23-29-10-12-51(13-11-29)30-5-7-33-34(20-30)43(56)53(42(33)55)38-9-4-28(3)46-41(38)54/h5-8,20-22,26-27,29,32,38H,3-4,9-19,23-25H2,1-2H3,(H,46,54)(H,47,48)/t32-,38?/m1/s1. The Labute approximate surface area is 338 Å². The van der Waals surface area contributed by atoms with Gasteiger partial charge in [-0.15, -0.1) is 0 Å². The fourth-order valence-electron chi connectivity index (χ4n) is 9.14. The lowest BCUT2D eigenvalue weighted by Gasteiger charge is -2.41. The van der Waals surface area contributed by atoms with Crippen LogP contribution in [0.1, 0.15) is 60.2 Å². The van der Waals surface area contributed by atoms with Gasteiger partial charge in [0.1, 0.15) is 29.6 Å². The van der Waals surface area contributed by atoms with E-state index < -0.39 is 11.9 Å². The molecule has 1 unspecified atom stereocenters. The summed E-state index contributed by atoms with van der Waals surface area (Å²) in [6.45, 7) is 17.9. The van der Waals surface area contributed by atoms with Crippen molar-refractivity contribution in [3.63, 3.8) is 0 Å². The lowest BCUT2D eigenvalue weighted by molar-refractivity contribution is -0.125. The van der Waals surface area contributed by atoms with E-state index >= 15 is 0 Å². The number of anilines is 2. The molecule has 0 radical (unpaired) electrons. The van der Waals surface area contributed by atoms with Gasteiger partial charge in [0.25, 0.3) is 11.8 Å². The predicted octanol–water partition coefficient (Wildman–Crippen LogP) is 3.93. The first-order valence-electron chi connectivity index (χ1n) is 20.7. The molecule has 4 saturated heterocycles. The Bertz CT molecular complexity index is 2210. The molecular weight excluding hydrogens is 737 g/mol. The molecule has 0 saturated carbocycles. The second-order valence-electron chi connectivity index (χ2n) is 16.5. The molecule has 5 aliphatic heterocycles. The maximum atomic E-state index is 13.4. The fourth-order valence-corrected chi connectivity index (χ4v) is 9.14. The smallest absolute Gasteiger partial charge is 0.262 e. The zero-order valence-corrected chi connectivity index (χ0v) is 33.4. The molecule has 0 bridgehead atoms. The highest BCUT2D eigenvalue weighted by Crippen LogP contribution is 2.34. The minimum atomic E-state index is -0.801. The second kappa shape index (κ2) is 16.1. The largest absolute Gasteiger partial charge is 0.491 e. The molecule has 2 aromatic heterocycles. The molecule has 5 aliphatic rings. The van der Waals surface area contributed by atoms with Crippen molar-refractivity contribution >= 4 is 40.1 Å². The Kier molecular flexibility index (Phi) is 10.6. The van der Waals surface area contributed by atoms with Gasteiger partial charge in [-0.2, -0.15) is 5.10 Å². The number of piperidine rings is 2. The minimum Gasteiger partial charge on any atom is -0.491 e. The summed E-state index contributed by atoms with van der Waals surface area (Å²) in [5.74, 6) is 1.17. The molecular formula is C43H52N10O5. The highest BCUT2D eigenvalue weighted by molar-refractivity contribution is 6.23. The van der Waals surface area contributed by atoms with E-state index in [9.17, 15) is 14.4 Å². The molecule has 2 aromatic carbocycles. The van der Waals surface area contributed by atoms with E-state index in [2.05, 4.69) is 51.7 Å². The summed E-state index contributed by atoms with van der Waals surface area (Å²) in [6, 6.07) is 12.7. The average molecular weight is 789 g/mol. The maximum Gasteiger partial charge on any atom is 0.262 e. The highest BCUT2D eigenvalue weighted by atomic mass is 16.5. The van der Waals surface area contributed by atoms with E-state index in [1.54, 1.807) is 12.4 Å². The first-order chi connectivity index (χ1) is 28.2. The number of fused-ring (bicyclic) bond motifs is 2. The van der Waals surface area contributed by atoms with Gasteiger partial charge in [-0.25, -0.2) is 9.97 Å². The number of benzene rings is 2. The number of aromatic nitrogens is 4. The summed E-state index contributed by atoms with van der Waals surface area (Å²) >= 11 is 0. The van der Waals surface area contributed by atoms with E-state index in [-0.39, 0.29) is 24.0 Å². The van der Waals surface area contributed by atoms with E-state index in [1.165, 1.54) is 0 Å². The van der Waals surface area contributed by atoms with Gasteiger partial charge in [-0.1, -0.05) is 6.58 Å². The van der Waals surface area contributed by atoms with Crippen molar-refractivity contribution in [1.29, 1.82) is 0 Å². The van der Waals surface area contributed by atoms with Gasteiger partial charge in [0.2, 0.25) is 5.91 Å². The fraction of sp³-hybridized carbons (Fsp3) is 0.488. The van der Waals surface area contributed by atoms with Crippen molar-refractivity contribution in [1.82, 2.24) is 40.2 Å². The van der Waals surface area contributed by atoms with Crippen LogP contribution in [0.25, 0.3) is 22.3 Å². The summed E-state index contributed by atoms with van der Waals surface area (Å²) < 4.78 is 12.2. The van der Waals surface area contributed by atoms with Gasteiger partial charge in [0.15, 0.2) is 0 Å². The summed E-state index contributed by atoms with van der Waals surface area (Å²) in [5, 5.41) is 11.4. The number of nitrogens with zero attached hydrogens (tertiary/aromatic N) is 8. The molecule has 3 amide bonds. The molecule has 4 fully saturated rings. The normalized spacial score (nSPS) is 22.6. The summed E-state index contributed by atoms with van der Waals surface area (Å²) in [7, 11) is 0. The molecule has 9 rings (SSSR count). The van der Waals surface area contributed by atoms with Crippen molar-refractivity contribution in [2.24, 2.45) is 5.92 Å². The SMILES string of the molecule is C=C1CCC(N2C(=O)c3ccc(N4CCC(CN5CCN(C[C@@H]6CN(c7cc(-c8n[nH]c9ccc(OC(C)C)cc89)ncn7)CCO6)CC5)CC4)cc3C2=O)C(=O)N1. The number of allylic oxidation sites excluding steroid dienone is 1. The van der Waals surface area contributed by atoms with Crippen molar-refractivity contribution in [3.05, 3.63) is 72.2 Å². The first-order valence-corrected chi connectivity index (χ1v) is 20.7. The number of H-pyrrole nitrogens is 1. The molecule has 7 heterocycles. The molecule has 15 nitrogen and oxygen atoms in total. The van der Waals surface area contributed by atoms with E-state index in [0.29, 0.717) is 42.2 Å². The number of piperazine rings is 1. The Morgan fingerprint density at radius 1 is 0.862 bits per heavy atom. The predicted molar refractivity (Wildman–Crippen MR) is 220 cm³/mol. The minimum absolute atomic E-state index is 0.0807. The van der Waals surface area contributed by atoms with Crippen molar-refractivity contribution in [2.45, 2.75) is 57.8 Å². The van der Waals surface area contributed by atoms with Crippen LogP contribution in [0.5, 0.6) is 5.75 Å². The Hall–Kier alpha value is -5.38.